The molecule has 5 heteroatoms. The third-order valence-corrected chi connectivity index (χ3v) is 3.33. The van der Waals surface area contributed by atoms with Crippen LogP contribution in [0, 0.1) is 0 Å². The van der Waals surface area contributed by atoms with Gasteiger partial charge in [0, 0.05) is 31.3 Å². The van der Waals surface area contributed by atoms with E-state index in [-0.39, 0.29) is 0 Å². The number of carbonyl (C=O) groups excluding carboxylic acids is 1. The summed E-state index contributed by atoms with van der Waals surface area (Å²) in [6, 6.07) is 7.62. The Hall–Kier alpha value is -1.85. The van der Waals surface area contributed by atoms with Crippen molar-refractivity contribution in [2.24, 2.45) is 5.73 Å². The molecule has 0 atom stereocenters. The Morgan fingerprint density at radius 2 is 2.10 bits per heavy atom. The Labute approximate surface area is 125 Å². The highest BCUT2D eigenvalue weighted by Crippen LogP contribution is 2.19. The topological polar surface area (TPSA) is 64.8 Å². The number of nitrogens with two attached hydrogens (primary N) is 1. The molecule has 0 unspecified atom stereocenters. The number of amides is 1. The molecule has 21 heavy (non-hydrogen) atoms. The molecule has 2 rings (SSSR count). The smallest absolute Gasteiger partial charge is 0.241 e. The molecular weight excluding hydrogens is 268 g/mol. The maximum atomic E-state index is 10.8. The molecule has 5 nitrogen and oxygen atoms in total. The second kappa shape index (κ2) is 8.44. The predicted molar refractivity (Wildman–Crippen MR) is 82.0 cm³/mol. The lowest BCUT2D eigenvalue weighted by atomic mass is 10.2. The SMILES string of the molecule is NC(=O)/C=C\c1ccccc1OCCCN1CCOCC1. The van der Waals surface area contributed by atoms with Crippen molar-refractivity contribution in [2.45, 2.75) is 6.42 Å². The maximum absolute atomic E-state index is 10.8. The molecule has 1 aromatic rings. The molecule has 1 aliphatic rings. The monoisotopic (exact) mass is 290 g/mol. The Bertz CT molecular complexity index is 482. The lowest BCUT2D eigenvalue weighted by Crippen LogP contribution is -2.37. The summed E-state index contributed by atoms with van der Waals surface area (Å²) in [5.74, 6) is 0.314. The highest BCUT2D eigenvalue weighted by molar-refractivity contribution is 5.90. The van der Waals surface area contributed by atoms with Gasteiger partial charge >= 0.3 is 0 Å². The zero-order valence-corrected chi connectivity index (χ0v) is 12.2. The van der Waals surface area contributed by atoms with Gasteiger partial charge in [-0.1, -0.05) is 18.2 Å². The summed E-state index contributed by atoms with van der Waals surface area (Å²) in [6.45, 7) is 5.31. The molecular formula is C16H22N2O3. The zero-order valence-electron chi connectivity index (χ0n) is 12.2. The van der Waals surface area contributed by atoms with Gasteiger partial charge in [-0.25, -0.2) is 0 Å². The van der Waals surface area contributed by atoms with Crippen molar-refractivity contribution in [2.75, 3.05) is 39.5 Å². The number of morpholine rings is 1. The minimum Gasteiger partial charge on any atom is -0.493 e. The summed E-state index contributed by atoms with van der Waals surface area (Å²) in [4.78, 5) is 13.2. The van der Waals surface area contributed by atoms with E-state index in [0.29, 0.717) is 6.61 Å². The summed E-state index contributed by atoms with van der Waals surface area (Å²) in [5.41, 5.74) is 5.98. The second-order valence-corrected chi connectivity index (χ2v) is 4.93. The fraction of sp³-hybridized carbons (Fsp3) is 0.438. The van der Waals surface area contributed by atoms with Crippen LogP contribution < -0.4 is 10.5 Å². The van der Waals surface area contributed by atoms with Crippen LogP contribution in [0.5, 0.6) is 5.75 Å². The number of benzene rings is 1. The van der Waals surface area contributed by atoms with Crippen molar-refractivity contribution in [1.82, 2.24) is 4.90 Å². The molecule has 0 radical (unpaired) electrons. The van der Waals surface area contributed by atoms with Gasteiger partial charge in [0.25, 0.3) is 0 Å². The van der Waals surface area contributed by atoms with E-state index in [4.69, 9.17) is 15.2 Å². The van der Waals surface area contributed by atoms with Gasteiger partial charge in [-0.3, -0.25) is 9.69 Å². The van der Waals surface area contributed by atoms with Crippen LogP contribution in [-0.2, 0) is 9.53 Å². The molecule has 0 aromatic heterocycles. The Morgan fingerprint density at radius 1 is 1.33 bits per heavy atom. The van der Waals surface area contributed by atoms with Crippen LogP contribution in [0.3, 0.4) is 0 Å². The molecule has 1 saturated heterocycles. The van der Waals surface area contributed by atoms with Crippen molar-refractivity contribution >= 4 is 12.0 Å². The van der Waals surface area contributed by atoms with E-state index in [1.807, 2.05) is 24.3 Å². The van der Waals surface area contributed by atoms with E-state index < -0.39 is 5.91 Å². The quantitative estimate of drug-likeness (QED) is 0.607. The first-order chi connectivity index (χ1) is 10.3. The molecule has 1 heterocycles. The predicted octanol–water partition coefficient (Wildman–Crippen LogP) is 1.29. The number of carbonyl (C=O) groups is 1. The standard InChI is InChI=1S/C16H22N2O3/c17-16(19)7-6-14-4-1-2-5-15(14)21-11-3-8-18-9-12-20-13-10-18/h1-2,4-7H,3,8-13H2,(H2,17,19)/b7-6-. The molecule has 0 saturated carbocycles. The average Bonchev–Trinajstić information content (AvgIpc) is 2.51. The number of nitrogens with zero attached hydrogens (tertiary/aromatic N) is 1. The summed E-state index contributed by atoms with van der Waals surface area (Å²) in [7, 11) is 0. The molecule has 2 N–H and O–H groups in total. The van der Waals surface area contributed by atoms with Gasteiger partial charge < -0.3 is 15.2 Å². The number of primary amides is 1. The van der Waals surface area contributed by atoms with Crippen LogP contribution in [0.1, 0.15) is 12.0 Å². The minimum atomic E-state index is -0.461. The van der Waals surface area contributed by atoms with E-state index in [9.17, 15) is 4.79 Å². The largest absolute Gasteiger partial charge is 0.493 e. The fourth-order valence-electron chi connectivity index (χ4n) is 2.22. The van der Waals surface area contributed by atoms with Crippen molar-refractivity contribution in [3.63, 3.8) is 0 Å². The molecule has 1 aliphatic heterocycles. The van der Waals surface area contributed by atoms with Crippen LogP contribution in [0.15, 0.2) is 30.3 Å². The average molecular weight is 290 g/mol. The summed E-state index contributed by atoms with van der Waals surface area (Å²) in [5, 5.41) is 0. The summed E-state index contributed by atoms with van der Waals surface area (Å²) < 4.78 is 11.1. The first-order valence-electron chi connectivity index (χ1n) is 7.25. The van der Waals surface area contributed by atoms with Crippen LogP contribution in [0.4, 0.5) is 0 Å². The van der Waals surface area contributed by atoms with Gasteiger partial charge in [0.05, 0.1) is 19.8 Å². The molecule has 1 amide bonds. The minimum absolute atomic E-state index is 0.461. The number of hydrogen-bond donors (Lipinski definition) is 1. The number of hydrogen-bond acceptors (Lipinski definition) is 4. The highest BCUT2D eigenvalue weighted by atomic mass is 16.5. The number of rotatable bonds is 7. The van der Waals surface area contributed by atoms with Crippen molar-refractivity contribution in [3.05, 3.63) is 35.9 Å². The summed E-state index contributed by atoms with van der Waals surface area (Å²) in [6.07, 6.45) is 3.99. The van der Waals surface area contributed by atoms with Crippen LogP contribution in [-0.4, -0.2) is 50.3 Å². The normalized spacial score (nSPS) is 16.2. The van der Waals surface area contributed by atoms with Gasteiger partial charge in [-0.2, -0.15) is 0 Å². The second-order valence-electron chi connectivity index (χ2n) is 4.93. The zero-order chi connectivity index (χ0) is 14.9. The van der Waals surface area contributed by atoms with Gasteiger partial charge in [0.1, 0.15) is 5.75 Å². The van der Waals surface area contributed by atoms with Crippen LogP contribution in [0.25, 0.3) is 6.08 Å². The Kier molecular flexibility index (Phi) is 6.24. The number of ether oxygens (including phenoxy) is 2. The van der Waals surface area contributed by atoms with Crippen molar-refractivity contribution < 1.29 is 14.3 Å². The molecule has 1 aromatic carbocycles. The number of para-hydroxylation sites is 1. The highest BCUT2D eigenvalue weighted by Gasteiger charge is 2.09. The van der Waals surface area contributed by atoms with Gasteiger partial charge in [-0.15, -0.1) is 0 Å². The Balaban J connectivity index is 1.78. The first kappa shape index (κ1) is 15.5. The first-order valence-corrected chi connectivity index (χ1v) is 7.25. The lowest BCUT2D eigenvalue weighted by molar-refractivity contribution is -0.113. The van der Waals surface area contributed by atoms with E-state index in [1.54, 1.807) is 6.08 Å². The fourth-order valence-corrected chi connectivity index (χ4v) is 2.22. The third kappa shape index (κ3) is 5.57. The van der Waals surface area contributed by atoms with Gasteiger partial charge in [0.2, 0.25) is 5.91 Å². The molecule has 0 spiro atoms. The van der Waals surface area contributed by atoms with Crippen LogP contribution in [0.2, 0.25) is 0 Å². The van der Waals surface area contributed by atoms with E-state index in [0.717, 1.165) is 50.6 Å². The van der Waals surface area contributed by atoms with Crippen molar-refractivity contribution in [3.8, 4) is 5.75 Å². The van der Waals surface area contributed by atoms with E-state index >= 15 is 0 Å². The Morgan fingerprint density at radius 3 is 2.86 bits per heavy atom. The molecule has 0 bridgehead atoms. The molecule has 0 aliphatic carbocycles. The van der Waals surface area contributed by atoms with Crippen molar-refractivity contribution in [1.29, 1.82) is 0 Å². The lowest BCUT2D eigenvalue weighted by Gasteiger charge is -2.26. The van der Waals surface area contributed by atoms with Gasteiger partial charge in [-0.05, 0) is 18.6 Å². The molecule has 114 valence electrons. The van der Waals surface area contributed by atoms with E-state index in [2.05, 4.69) is 4.90 Å². The maximum Gasteiger partial charge on any atom is 0.241 e. The van der Waals surface area contributed by atoms with Crippen LogP contribution >= 0.6 is 0 Å². The summed E-state index contributed by atoms with van der Waals surface area (Å²) >= 11 is 0. The van der Waals surface area contributed by atoms with Gasteiger partial charge in [0.15, 0.2) is 0 Å². The van der Waals surface area contributed by atoms with E-state index in [1.165, 1.54) is 6.08 Å². The third-order valence-electron chi connectivity index (χ3n) is 3.33. The molecule has 1 fully saturated rings.